The Bertz CT molecular complexity index is 611. The molecule has 3 heterocycles. The number of hydrogen-bond acceptors (Lipinski definition) is 4. The Labute approximate surface area is 172 Å². The maximum Gasteiger partial charge on any atom is 0.0640 e. The summed E-state index contributed by atoms with van der Waals surface area (Å²) in [5.74, 6) is 0.808. The van der Waals surface area contributed by atoms with E-state index in [0.29, 0.717) is 5.41 Å². The third-order valence-electron chi connectivity index (χ3n) is 4.72. The second kappa shape index (κ2) is 10.1. The van der Waals surface area contributed by atoms with E-state index < -0.39 is 0 Å². The molecule has 1 fully saturated rings. The van der Waals surface area contributed by atoms with Gasteiger partial charge >= 0.3 is 0 Å². The molecular weight excluding hydrogens is 346 g/mol. The third kappa shape index (κ3) is 8.92. The highest BCUT2D eigenvalue weighted by atomic mass is 16.5. The Hall–Kier alpha value is -1.81. The standard InChI is InChI=1S/C9H13N.C8H12N2.C7H14O/c1-9(2,3)8-5-4-6-10-7-8;1-8(2,3)7-6-9-4-5-10-7;1-7(2,3)6-4-8-5-6/h4-7H,1-3H3;4-6H,1-3H3;6H,4-5H2,1-3H3. The molecule has 2 aromatic heterocycles. The zero-order chi connectivity index (χ0) is 21.4. The van der Waals surface area contributed by atoms with Gasteiger partial charge in [0.2, 0.25) is 0 Å². The van der Waals surface area contributed by atoms with Crippen LogP contribution in [0.15, 0.2) is 43.1 Å². The average Bonchev–Trinajstić information content (AvgIpc) is 2.53. The Kier molecular flexibility index (Phi) is 8.75. The largest absolute Gasteiger partial charge is 0.381 e. The summed E-state index contributed by atoms with van der Waals surface area (Å²) in [6.45, 7) is 21.7. The van der Waals surface area contributed by atoms with E-state index in [-0.39, 0.29) is 10.8 Å². The lowest BCUT2D eigenvalue weighted by atomic mass is 9.80. The van der Waals surface area contributed by atoms with Crippen LogP contribution in [0.1, 0.15) is 73.6 Å². The van der Waals surface area contributed by atoms with Crippen molar-refractivity contribution in [1.29, 1.82) is 0 Å². The Morgan fingerprint density at radius 3 is 1.61 bits per heavy atom. The van der Waals surface area contributed by atoms with Crippen LogP contribution in [0.4, 0.5) is 0 Å². The molecule has 0 unspecified atom stereocenters. The van der Waals surface area contributed by atoms with Crippen LogP contribution in [-0.4, -0.2) is 28.2 Å². The SMILES string of the molecule is CC(C)(C)C1COC1.CC(C)(C)c1cccnc1.CC(C)(C)c1cnccn1. The van der Waals surface area contributed by atoms with E-state index >= 15 is 0 Å². The normalized spacial score (nSPS) is 14.8. The molecule has 28 heavy (non-hydrogen) atoms. The molecule has 0 N–H and O–H groups in total. The van der Waals surface area contributed by atoms with Gasteiger partial charge in [0.1, 0.15) is 0 Å². The van der Waals surface area contributed by atoms with Crippen molar-refractivity contribution in [2.75, 3.05) is 13.2 Å². The summed E-state index contributed by atoms with van der Waals surface area (Å²) < 4.78 is 5.06. The maximum atomic E-state index is 5.06. The van der Waals surface area contributed by atoms with Crippen molar-refractivity contribution in [2.45, 2.75) is 73.1 Å². The van der Waals surface area contributed by atoms with Crippen LogP contribution < -0.4 is 0 Å². The van der Waals surface area contributed by atoms with Crippen LogP contribution in [0.5, 0.6) is 0 Å². The molecule has 4 nitrogen and oxygen atoms in total. The molecule has 2 aromatic rings. The lowest BCUT2D eigenvalue weighted by molar-refractivity contribution is -0.0821. The van der Waals surface area contributed by atoms with Crippen LogP contribution in [-0.2, 0) is 15.6 Å². The fourth-order valence-corrected chi connectivity index (χ4v) is 2.23. The summed E-state index contributed by atoms with van der Waals surface area (Å²) in [6, 6.07) is 4.08. The van der Waals surface area contributed by atoms with Crippen LogP contribution >= 0.6 is 0 Å². The monoisotopic (exact) mass is 385 g/mol. The molecule has 0 saturated carbocycles. The van der Waals surface area contributed by atoms with Gasteiger partial charge in [-0.15, -0.1) is 0 Å². The predicted molar refractivity (Wildman–Crippen MR) is 117 cm³/mol. The molecule has 0 aromatic carbocycles. The van der Waals surface area contributed by atoms with E-state index in [2.05, 4.69) is 83.3 Å². The lowest BCUT2D eigenvalue weighted by Gasteiger charge is -2.37. The molecule has 0 aliphatic carbocycles. The van der Waals surface area contributed by atoms with Crippen molar-refractivity contribution < 1.29 is 4.74 Å². The summed E-state index contributed by atoms with van der Waals surface area (Å²) in [7, 11) is 0. The first-order valence-electron chi connectivity index (χ1n) is 10.1. The molecule has 0 spiro atoms. The zero-order valence-corrected chi connectivity index (χ0v) is 19.3. The highest BCUT2D eigenvalue weighted by Crippen LogP contribution is 2.31. The summed E-state index contributed by atoms with van der Waals surface area (Å²) in [6.07, 6.45) is 8.94. The minimum Gasteiger partial charge on any atom is -0.381 e. The minimum absolute atomic E-state index is 0.119. The Balaban J connectivity index is 0.000000212. The molecule has 1 aliphatic rings. The average molecular weight is 386 g/mol. The molecule has 4 heteroatoms. The van der Waals surface area contributed by atoms with E-state index in [1.165, 1.54) is 5.56 Å². The first-order chi connectivity index (χ1) is 12.8. The maximum absolute atomic E-state index is 5.06. The van der Waals surface area contributed by atoms with E-state index in [1.54, 1.807) is 24.8 Å². The predicted octanol–water partition coefficient (Wildman–Crippen LogP) is 5.83. The fraction of sp³-hybridized carbons (Fsp3) is 0.625. The first-order valence-corrected chi connectivity index (χ1v) is 10.1. The first kappa shape index (κ1) is 24.2. The summed E-state index contributed by atoms with van der Waals surface area (Å²) in [5.41, 5.74) is 3.14. The molecule has 0 atom stereocenters. The molecule has 156 valence electrons. The summed E-state index contributed by atoms with van der Waals surface area (Å²) >= 11 is 0. The van der Waals surface area contributed by atoms with Crippen molar-refractivity contribution in [3.8, 4) is 0 Å². The zero-order valence-electron chi connectivity index (χ0n) is 19.3. The lowest BCUT2D eigenvalue weighted by Crippen LogP contribution is -2.37. The van der Waals surface area contributed by atoms with Gasteiger partial charge in [-0.2, -0.15) is 0 Å². The van der Waals surface area contributed by atoms with Crippen molar-refractivity contribution >= 4 is 0 Å². The fourth-order valence-electron chi connectivity index (χ4n) is 2.23. The number of pyridine rings is 1. The molecule has 1 aliphatic heterocycles. The van der Waals surface area contributed by atoms with Crippen molar-refractivity contribution in [2.24, 2.45) is 11.3 Å². The number of ether oxygens (including phenoxy) is 1. The smallest absolute Gasteiger partial charge is 0.0640 e. The van der Waals surface area contributed by atoms with Crippen molar-refractivity contribution in [3.63, 3.8) is 0 Å². The number of rotatable bonds is 0. The van der Waals surface area contributed by atoms with Crippen LogP contribution in [0, 0.1) is 11.3 Å². The van der Waals surface area contributed by atoms with Gasteiger partial charge < -0.3 is 4.74 Å². The van der Waals surface area contributed by atoms with Gasteiger partial charge in [0.25, 0.3) is 0 Å². The van der Waals surface area contributed by atoms with Gasteiger partial charge in [-0.1, -0.05) is 68.4 Å². The molecular formula is C24H39N3O. The number of aromatic nitrogens is 3. The number of nitrogens with zero attached hydrogens (tertiary/aromatic N) is 3. The number of hydrogen-bond donors (Lipinski definition) is 0. The van der Waals surface area contributed by atoms with Crippen molar-refractivity contribution in [3.05, 3.63) is 54.4 Å². The summed E-state index contributed by atoms with van der Waals surface area (Å²) in [4.78, 5) is 12.2. The molecule has 3 rings (SSSR count). The second-order valence-electron chi connectivity index (χ2n) is 10.4. The van der Waals surface area contributed by atoms with Gasteiger partial charge in [-0.25, -0.2) is 0 Å². The van der Waals surface area contributed by atoms with Crippen molar-refractivity contribution in [1.82, 2.24) is 15.0 Å². The van der Waals surface area contributed by atoms with E-state index in [0.717, 1.165) is 24.8 Å². The van der Waals surface area contributed by atoms with Crippen LogP contribution in [0.2, 0.25) is 0 Å². The van der Waals surface area contributed by atoms with Gasteiger partial charge in [0, 0.05) is 42.3 Å². The topological polar surface area (TPSA) is 47.9 Å². The van der Waals surface area contributed by atoms with Gasteiger partial charge in [0.15, 0.2) is 0 Å². The molecule has 1 saturated heterocycles. The highest BCUT2D eigenvalue weighted by Gasteiger charge is 2.30. The highest BCUT2D eigenvalue weighted by molar-refractivity contribution is 5.17. The molecule has 0 bridgehead atoms. The molecule has 0 radical (unpaired) electrons. The van der Waals surface area contributed by atoms with Gasteiger partial charge in [0.05, 0.1) is 18.9 Å². The van der Waals surface area contributed by atoms with Crippen LogP contribution in [0.3, 0.4) is 0 Å². The quantitative estimate of drug-likeness (QED) is 0.572. The van der Waals surface area contributed by atoms with Crippen LogP contribution in [0.25, 0.3) is 0 Å². The van der Waals surface area contributed by atoms with Gasteiger partial charge in [-0.3, -0.25) is 15.0 Å². The third-order valence-corrected chi connectivity index (χ3v) is 4.72. The Morgan fingerprint density at radius 1 is 0.786 bits per heavy atom. The summed E-state index contributed by atoms with van der Waals surface area (Å²) in [5, 5.41) is 0. The Morgan fingerprint density at radius 2 is 1.39 bits per heavy atom. The minimum atomic E-state index is 0.119. The van der Waals surface area contributed by atoms with E-state index in [1.807, 2.05) is 12.3 Å². The molecule has 0 amide bonds. The van der Waals surface area contributed by atoms with E-state index in [9.17, 15) is 0 Å². The second-order valence-corrected chi connectivity index (χ2v) is 10.4. The van der Waals surface area contributed by atoms with Gasteiger partial charge in [-0.05, 0) is 22.5 Å². The van der Waals surface area contributed by atoms with E-state index in [4.69, 9.17) is 4.74 Å².